The Morgan fingerprint density at radius 2 is 2.15 bits per heavy atom. The summed E-state index contributed by atoms with van der Waals surface area (Å²) in [5.74, 6) is 1.21. The maximum atomic E-state index is 12.8. The summed E-state index contributed by atoms with van der Waals surface area (Å²) in [5, 5.41) is 11.7. The second-order valence-corrected chi connectivity index (χ2v) is 5.19. The maximum Gasteiger partial charge on any atom is 0.240 e. The lowest BCUT2D eigenvalue weighted by Gasteiger charge is -2.00. The van der Waals surface area contributed by atoms with Gasteiger partial charge in [-0.2, -0.15) is 10.1 Å². The Labute approximate surface area is 121 Å². The van der Waals surface area contributed by atoms with E-state index in [2.05, 4.69) is 32.6 Å². The van der Waals surface area contributed by atoms with E-state index in [0.717, 1.165) is 23.4 Å². The van der Waals surface area contributed by atoms with Crippen LogP contribution in [-0.4, -0.2) is 26.6 Å². The van der Waals surface area contributed by atoms with E-state index >= 15 is 0 Å². The quantitative estimate of drug-likeness (QED) is 0.487. The van der Waals surface area contributed by atoms with E-state index in [0.29, 0.717) is 11.1 Å². The number of rotatable bonds is 6. The fourth-order valence-electron chi connectivity index (χ4n) is 1.45. The van der Waals surface area contributed by atoms with Crippen LogP contribution in [0.15, 0.2) is 34.5 Å². The van der Waals surface area contributed by atoms with Crippen molar-refractivity contribution in [2.45, 2.75) is 25.4 Å². The zero-order chi connectivity index (χ0) is 14.4. The van der Waals surface area contributed by atoms with Gasteiger partial charge >= 0.3 is 0 Å². The van der Waals surface area contributed by atoms with Crippen molar-refractivity contribution in [3.05, 3.63) is 35.6 Å². The molecule has 0 atom stereocenters. The van der Waals surface area contributed by atoms with Gasteiger partial charge in [-0.05, 0) is 31.0 Å². The van der Waals surface area contributed by atoms with Crippen molar-refractivity contribution in [3.63, 3.8) is 0 Å². The van der Waals surface area contributed by atoms with E-state index in [1.165, 1.54) is 12.1 Å². The summed E-state index contributed by atoms with van der Waals surface area (Å²) < 4.78 is 12.8. The molecule has 0 aliphatic carbocycles. The van der Waals surface area contributed by atoms with Gasteiger partial charge in [-0.1, -0.05) is 30.8 Å². The first kappa shape index (κ1) is 14.5. The van der Waals surface area contributed by atoms with Crippen LogP contribution in [0.25, 0.3) is 0 Å². The number of aromatic amines is 1. The third kappa shape index (κ3) is 4.06. The van der Waals surface area contributed by atoms with Gasteiger partial charge in [-0.15, -0.1) is 5.10 Å². The van der Waals surface area contributed by atoms with Crippen molar-refractivity contribution in [3.8, 4) is 0 Å². The number of halogens is 1. The van der Waals surface area contributed by atoms with Gasteiger partial charge in [0.15, 0.2) is 0 Å². The molecule has 0 fully saturated rings. The van der Waals surface area contributed by atoms with Crippen LogP contribution in [0.4, 0.5) is 10.3 Å². The van der Waals surface area contributed by atoms with E-state index < -0.39 is 0 Å². The predicted molar refractivity (Wildman–Crippen MR) is 79.6 cm³/mol. The first-order chi connectivity index (χ1) is 9.69. The zero-order valence-corrected chi connectivity index (χ0v) is 12.2. The van der Waals surface area contributed by atoms with E-state index in [-0.39, 0.29) is 5.82 Å². The second kappa shape index (κ2) is 7.04. The maximum absolute atomic E-state index is 12.8. The molecule has 0 amide bonds. The standard InChI is InChI=1S/C13H16FN5S/c1-3-8-20-13-15-12(18-19-13)17-16-9(2)10-4-6-11(14)7-5-10/h4-7H,3,8H2,1-2H3,(H2,15,17,18,19). The molecule has 0 aliphatic heterocycles. The summed E-state index contributed by atoms with van der Waals surface area (Å²) in [6.45, 7) is 3.94. The molecule has 2 aromatic rings. The van der Waals surface area contributed by atoms with Gasteiger partial charge < -0.3 is 0 Å². The average molecular weight is 293 g/mol. The van der Waals surface area contributed by atoms with Crippen LogP contribution in [-0.2, 0) is 0 Å². The van der Waals surface area contributed by atoms with Crippen molar-refractivity contribution in [1.29, 1.82) is 0 Å². The molecular formula is C13H16FN5S. The van der Waals surface area contributed by atoms with Gasteiger partial charge in [-0.3, -0.25) is 0 Å². The van der Waals surface area contributed by atoms with E-state index in [9.17, 15) is 4.39 Å². The van der Waals surface area contributed by atoms with E-state index in [4.69, 9.17) is 0 Å². The molecule has 2 rings (SSSR count). The third-order valence-electron chi connectivity index (χ3n) is 2.49. The number of nitrogens with one attached hydrogen (secondary N) is 2. The van der Waals surface area contributed by atoms with E-state index in [1.807, 2.05) is 6.92 Å². The lowest BCUT2D eigenvalue weighted by Crippen LogP contribution is -2.00. The highest BCUT2D eigenvalue weighted by Gasteiger charge is 2.03. The molecule has 0 aliphatic rings. The fraction of sp³-hybridized carbons (Fsp3) is 0.308. The summed E-state index contributed by atoms with van der Waals surface area (Å²) in [5.41, 5.74) is 4.39. The molecule has 0 bridgehead atoms. The minimum absolute atomic E-state index is 0.262. The number of nitrogens with zero attached hydrogens (tertiary/aromatic N) is 3. The Balaban J connectivity index is 1.97. The van der Waals surface area contributed by atoms with Crippen molar-refractivity contribution < 1.29 is 4.39 Å². The molecule has 0 radical (unpaired) electrons. The largest absolute Gasteiger partial charge is 0.245 e. The first-order valence-electron chi connectivity index (χ1n) is 6.30. The number of H-pyrrole nitrogens is 1. The number of hydrogen-bond acceptors (Lipinski definition) is 5. The second-order valence-electron chi connectivity index (χ2n) is 4.13. The van der Waals surface area contributed by atoms with Crippen molar-refractivity contribution in [2.24, 2.45) is 5.10 Å². The number of hydrogen-bond donors (Lipinski definition) is 2. The lowest BCUT2D eigenvalue weighted by molar-refractivity contribution is 0.628. The third-order valence-corrected chi connectivity index (χ3v) is 3.54. The Kier molecular flexibility index (Phi) is 5.11. The first-order valence-corrected chi connectivity index (χ1v) is 7.29. The Morgan fingerprint density at radius 3 is 2.85 bits per heavy atom. The highest BCUT2D eigenvalue weighted by atomic mass is 32.2. The monoisotopic (exact) mass is 293 g/mol. The highest BCUT2D eigenvalue weighted by molar-refractivity contribution is 7.99. The van der Waals surface area contributed by atoms with Crippen LogP contribution in [0.1, 0.15) is 25.8 Å². The molecule has 1 aromatic carbocycles. The van der Waals surface area contributed by atoms with Crippen molar-refractivity contribution >= 4 is 23.4 Å². The SMILES string of the molecule is CCCSc1n[nH]c(NN=C(C)c2ccc(F)cc2)n1. The van der Waals surface area contributed by atoms with Crippen LogP contribution in [0.3, 0.4) is 0 Å². The van der Waals surface area contributed by atoms with Crippen LogP contribution < -0.4 is 5.43 Å². The van der Waals surface area contributed by atoms with Crippen LogP contribution >= 0.6 is 11.8 Å². The minimum atomic E-state index is -0.262. The van der Waals surface area contributed by atoms with Gasteiger partial charge in [0.2, 0.25) is 11.1 Å². The lowest BCUT2D eigenvalue weighted by atomic mass is 10.1. The Bertz CT molecular complexity index is 579. The summed E-state index contributed by atoms with van der Waals surface area (Å²) in [6.07, 6.45) is 1.07. The molecule has 20 heavy (non-hydrogen) atoms. The van der Waals surface area contributed by atoms with Gasteiger partial charge in [0.25, 0.3) is 0 Å². The number of benzene rings is 1. The van der Waals surface area contributed by atoms with Crippen molar-refractivity contribution in [1.82, 2.24) is 15.2 Å². The molecule has 7 heteroatoms. The summed E-state index contributed by atoms with van der Waals surface area (Å²) in [6, 6.07) is 6.17. The van der Waals surface area contributed by atoms with Crippen molar-refractivity contribution in [2.75, 3.05) is 11.2 Å². The van der Waals surface area contributed by atoms with Gasteiger partial charge in [0.1, 0.15) is 5.82 Å². The van der Waals surface area contributed by atoms with Crippen LogP contribution in [0.5, 0.6) is 0 Å². The molecule has 1 aromatic heterocycles. The fourth-order valence-corrected chi connectivity index (χ4v) is 2.10. The highest BCUT2D eigenvalue weighted by Crippen LogP contribution is 2.14. The number of thioether (sulfide) groups is 1. The summed E-state index contributed by atoms with van der Waals surface area (Å²) in [7, 11) is 0. The molecule has 0 saturated heterocycles. The molecule has 0 unspecified atom stereocenters. The smallest absolute Gasteiger partial charge is 0.240 e. The van der Waals surface area contributed by atoms with Crippen LogP contribution in [0, 0.1) is 5.82 Å². The zero-order valence-electron chi connectivity index (χ0n) is 11.4. The predicted octanol–water partition coefficient (Wildman–Crippen LogP) is 3.28. The summed E-state index contributed by atoms with van der Waals surface area (Å²) >= 11 is 1.59. The molecule has 0 saturated carbocycles. The normalized spacial score (nSPS) is 11.7. The molecule has 5 nitrogen and oxygen atoms in total. The molecule has 0 spiro atoms. The topological polar surface area (TPSA) is 66.0 Å². The number of hydrazone groups is 1. The van der Waals surface area contributed by atoms with Crippen LogP contribution in [0.2, 0.25) is 0 Å². The molecule has 2 N–H and O–H groups in total. The van der Waals surface area contributed by atoms with Gasteiger partial charge in [0, 0.05) is 5.75 Å². The number of anilines is 1. The molecular weight excluding hydrogens is 277 g/mol. The average Bonchev–Trinajstić information content (AvgIpc) is 2.91. The Hall–Kier alpha value is -1.89. The minimum Gasteiger partial charge on any atom is -0.245 e. The summed E-state index contributed by atoms with van der Waals surface area (Å²) in [4.78, 5) is 4.25. The molecule has 106 valence electrons. The van der Waals surface area contributed by atoms with Gasteiger partial charge in [0.05, 0.1) is 5.71 Å². The number of aromatic nitrogens is 3. The van der Waals surface area contributed by atoms with E-state index in [1.54, 1.807) is 23.9 Å². The van der Waals surface area contributed by atoms with Gasteiger partial charge in [-0.25, -0.2) is 14.9 Å². The Morgan fingerprint density at radius 1 is 1.40 bits per heavy atom. The molecule has 1 heterocycles.